The molecule has 3 aliphatic rings. The van der Waals surface area contributed by atoms with Crippen molar-refractivity contribution in [3.05, 3.63) is 22.4 Å². The highest BCUT2D eigenvalue weighted by atomic mass is 32.1. The first-order valence-electron chi connectivity index (χ1n) is 7.10. The third kappa shape index (κ3) is 2.95. The summed E-state index contributed by atoms with van der Waals surface area (Å²) in [5, 5.41) is 3.80. The molecule has 6 nitrogen and oxygen atoms in total. The number of carbonyl (C=O) groups excluding carboxylic acids is 2. The molecule has 0 saturated carbocycles. The maximum Gasteiger partial charge on any atom is 0.527 e. The number of hydrogen-bond acceptors (Lipinski definition) is 6. The van der Waals surface area contributed by atoms with E-state index in [-0.39, 0.29) is 11.9 Å². The summed E-state index contributed by atoms with van der Waals surface area (Å²) in [6.07, 6.45) is 0.911. The number of fused-ring (bicyclic) bond motifs is 3. The van der Waals surface area contributed by atoms with E-state index in [1.807, 2.05) is 16.8 Å². The topological polar surface area (TPSA) is 78.6 Å². The van der Waals surface area contributed by atoms with Crippen LogP contribution in [0, 0.1) is 5.92 Å². The number of hydrogen-bond donors (Lipinski definition) is 1. The Hall–Kier alpha value is -1.44. The number of ketones is 1. The van der Waals surface area contributed by atoms with Crippen LogP contribution in [0.4, 0.5) is 4.79 Å². The predicted octanol–water partition coefficient (Wildman–Crippen LogP) is 1.57. The van der Waals surface area contributed by atoms with Crippen LogP contribution in [0.25, 0.3) is 0 Å². The molecule has 3 fully saturated rings. The zero-order valence-corrected chi connectivity index (χ0v) is 12.5. The first kappa shape index (κ1) is 14.5. The van der Waals surface area contributed by atoms with Gasteiger partial charge in [-0.25, -0.2) is 4.79 Å². The molecule has 2 bridgehead atoms. The quantitative estimate of drug-likeness (QED) is 0.395. The van der Waals surface area contributed by atoms with Crippen molar-refractivity contribution < 1.29 is 23.6 Å². The number of carbonyl (C=O) groups is 2. The summed E-state index contributed by atoms with van der Waals surface area (Å²) >= 11 is 1.53. The smallest absolute Gasteiger partial charge is 0.423 e. The lowest BCUT2D eigenvalue weighted by Gasteiger charge is -2.51. The van der Waals surface area contributed by atoms with Gasteiger partial charge in [-0.2, -0.15) is 17.2 Å². The standard InChI is InChI=1S/C14H19N2O4S/c15-20-14(18)19-13-8-16(4-1-10(13)2-5-16)7-12(17)11-3-6-21-9-11/h3,6,9-10,13H,1-2,4-5,7-8,15H2/q+1. The van der Waals surface area contributed by atoms with Crippen molar-refractivity contribution in [3.63, 3.8) is 0 Å². The van der Waals surface area contributed by atoms with Crippen LogP contribution in [0.3, 0.4) is 0 Å². The number of Topliss-reactive ketones (excluding diaryl/α,β-unsaturated/α-hetero) is 1. The maximum absolute atomic E-state index is 12.4. The molecule has 3 aliphatic heterocycles. The number of piperidine rings is 3. The zero-order valence-electron chi connectivity index (χ0n) is 11.7. The molecule has 1 aromatic heterocycles. The normalized spacial score (nSPS) is 30.9. The Morgan fingerprint density at radius 3 is 2.76 bits per heavy atom. The van der Waals surface area contributed by atoms with E-state index >= 15 is 0 Å². The summed E-state index contributed by atoms with van der Waals surface area (Å²) < 4.78 is 5.96. The Bertz CT molecular complexity index is 523. The molecule has 0 spiro atoms. The average Bonchev–Trinajstić information content (AvgIpc) is 3.02. The Labute approximate surface area is 127 Å². The molecule has 0 amide bonds. The van der Waals surface area contributed by atoms with E-state index in [0.29, 0.717) is 23.5 Å². The van der Waals surface area contributed by atoms with Crippen LogP contribution in [0.2, 0.25) is 0 Å². The van der Waals surface area contributed by atoms with Gasteiger partial charge in [0.25, 0.3) is 0 Å². The minimum Gasteiger partial charge on any atom is -0.423 e. The van der Waals surface area contributed by atoms with E-state index < -0.39 is 6.16 Å². The fraction of sp³-hybridized carbons (Fsp3) is 0.571. The molecule has 4 rings (SSSR count). The van der Waals surface area contributed by atoms with E-state index in [0.717, 1.165) is 31.5 Å². The molecule has 2 N–H and O–H groups in total. The van der Waals surface area contributed by atoms with Crippen molar-refractivity contribution in [2.45, 2.75) is 18.9 Å². The van der Waals surface area contributed by atoms with E-state index in [9.17, 15) is 9.59 Å². The van der Waals surface area contributed by atoms with Crippen LogP contribution in [-0.2, 0) is 9.57 Å². The molecular weight excluding hydrogens is 292 g/mol. The van der Waals surface area contributed by atoms with Gasteiger partial charge in [0, 0.05) is 29.7 Å². The van der Waals surface area contributed by atoms with Gasteiger partial charge in [-0.3, -0.25) is 4.79 Å². The van der Waals surface area contributed by atoms with Gasteiger partial charge in [0.1, 0.15) is 13.1 Å². The highest BCUT2D eigenvalue weighted by Gasteiger charge is 2.48. The minimum atomic E-state index is -0.837. The summed E-state index contributed by atoms with van der Waals surface area (Å²) in [5.41, 5.74) is 0.777. The van der Waals surface area contributed by atoms with Gasteiger partial charge in [0.15, 0.2) is 6.10 Å². The second kappa shape index (κ2) is 5.75. The number of quaternary nitrogens is 1. The summed E-state index contributed by atoms with van der Waals surface area (Å²) in [6.45, 7) is 3.09. The van der Waals surface area contributed by atoms with Crippen LogP contribution in [0.1, 0.15) is 23.2 Å². The van der Waals surface area contributed by atoms with Gasteiger partial charge in [-0.15, -0.1) is 0 Å². The molecule has 4 heterocycles. The Balaban J connectivity index is 1.69. The van der Waals surface area contributed by atoms with E-state index in [2.05, 4.69) is 4.84 Å². The number of thiophene rings is 1. The van der Waals surface area contributed by atoms with Crippen LogP contribution in [0.5, 0.6) is 0 Å². The van der Waals surface area contributed by atoms with E-state index in [1.54, 1.807) is 0 Å². The van der Waals surface area contributed by atoms with Crippen molar-refractivity contribution in [1.29, 1.82) is 0 Å². The van der Waals surface area contributed by atoms with Gasteiger partial charge >= 0.3 is 6.16 Å². The third-order valence-corrected chi connectivity index (χ3v) is 5.39. The van der Waals surface area contributed by atoms with Gasteiger partial charge in [0.2, 0.25) is 5.78 Å². The van der Waals surface area contributed by atoms with Crippen molar-refractivity contribution in [3.8, 4) is 0 Å². The van der Waals surface area contributed by atoms with Gasteiger partial charge < -0.3 is 14.1 Å². The molecule has 0 aromatic carbocycles. The first-order chi connectivity index (χ1) is 10.1. The zero-order chi connectivity index (χ0) is 14.9. The maximum atomic E-state index is 12.4. The highest BCUT2D eigenvalue weighted by molar-refractivity contribution is 7.08. The van der Waals surface area contributed by atoms with Crippen molar-refractivity contribution >= 4 is 23.3 Å². The Kier molecular flexibility index (Phi) is 3.97. The van der Waals surface area contributed by atoms with Gasteiger partial charge in [-0.05, 0) is 11.4 Å². The van der Waals surface area contributed by atoms with E-state index in [1.165, 1.54) is 11.3 Å². The largest absolute Gasteiger partial charge is 0.527 e. The summed E-state index contributed by atoms with van der Waals surface area (Å²) in [4.78, 5) is 27.7. The lowest BCUT2D eigenvalue weighted by molar-refractivity contribution is -0.938. The van der Waals surface area contributed by atoms with Crippen molar-refractivity contribution in [2.75, 3.05) is 26.2 Å². The van der Waals surface area contributed by atoms with Crippen molar-refractivity contribution in [1.82, 2.24) is 0 Å². The Morgan fingerprint density at radius 2 is 2.14 bits per heavy atom. The molecular formula is C14H19N2O4S+. The fourth-order valence-corrected chi connectivity index (χ4v) is 4.21. The molecule has 1 aromatic rings. The summed E-state index contributed by atoms with van der Waals surface area (Å²) in [7, 11) is 0. The number of ether oxygens (including phenoxy) is 1. The average molecular weight is 311 g/mol. The predicted molar refractivity (Wildman–Crippen MR) is 76.6 cm³/mol. The summed E-state index contributed by atoms with van der Waals surface area (Å²) in [6, 6.07) is 1.86. The van der Waals surface area contributed by atoms with Gasteiger partial charge in [0.05, 0.1) is 13.1 Å². The third-order valence-electron chi connectivity index (χ3n) is 4.71. The Morgan fingerprint density at radius 1 is 1.38 bits per heavy atom. The van der Waals surface area contributed by atoms with Crippen LogP contribution in [0.15, 0.2) is 16.8 Å². The van der Waals surface area contributed by atoms with Crippen LogP contribution >= 0.6 is 11.3 Å². The molecule has 7 heteroatoms. The lowest BCUT2D eigenvalue weighted by Crippen LogP contribution is -2.65. The lowest BCUT2D eigenvalue weighted by atomic mass is 9.83. The van der Waals surface area contributed by atoms with Crippen molar-refractivity contribution in [2.24, 2.45) is 11.8 Å². The molecule has 21 heavy (non-hydrogen) atoms. The molecule has 1 atom stereocenters. The van der Waals surface area contributed by atoms with Crippen LogP contribution < -0.4 is 5.90 Å². The molecule has 1 unspecified atom stereocenters. The number of nitrogens with two attached hydrogens (primary N) is 1. The second-order valence-corrected chi connectivity index (χ2v) is 6.71. The molecule has 114 valence electrons. The van der Waals surface area contributed by atoms with E-state index in [4.69, 9.17) is 10.6 Å². The van der Waals surface area contributed by atoms with Gasteiger partial charge in [-0.1, -0.05) is 0 Å². The molecule has 3 saturated heterocycles. The fourth-order valence-electron chi connectivity index (χ4n) is 3.55. The minimum absolute atomic E-state index is 0.164. The number of rotatable bonds is 4. The highest BCUT2D eigenvalue weighted by Crippen LogP contribution is 2.35. The monoisotopic (exact) mass is 311 g/mol. The summed E-state index contributed by atoms with van der Waals surface area (Å²) in [5.74, 6) is 5.36. The second-order valence-electron chi connectivity index (χ2n) is 5.93. The molecule has 0 radical (unpaired) electrons. The molecule has 0 aliphatic carbocycles. The van der Waals surface area contributed by atoms with Crippen LogP contribution in [-0.4, -0.2) is 48.7 Å². The SMILES string of the molecule is NOC(=O)OC1C[N+]2(CC(=O)c3ccsc3)CCC1CC2. The number of nitrogens with zero attached hydrogens (tertiary/aromatic N) is 1. The first-order valence-corrected chi connectivity index (χ1v) is 8.04.